The normalized spacial score (nSPS) is 11.0. The molecule has 0 spiro atoms. The Morgan fingerprint density at radius 3 is 2.46 bits per heavy atom. The molecule has 9 heteroatoms. The molecule has 26 heavy (non-hydrogen) atoms. The molecule has 0 bridgehead atoms. The van der Waals surface area contributed by atoms with E-state index < -0.39 is 22.5 Å². The van der Waals surface area contributed by atoms with Crippen LogP contribution in [0.25, 0.3) is 0 Å². The summed E-state index contributed by atoms with van der Waals surface area (Å²) in [5, 5.41) is 9.24. The number of carboxylic acids is 1. The van der Waals surface area contributed by atoms with Gasteiger partial charge in [0.15, 0.2) is 0 Å². The predicted molar refractivity (Wildman–Crippen MR) is 100 cm³/mol. The van der Waals surface area contributed by atoms with Crippen molar-refractivity contribution >= 4 is 37.6 Å². The van der Waals surface area contributed by atoms with Crippen LogP contribution in [-0.4, -0.2) is 39.8 Å². The molecule has 0 fully saturated rings. The average molecular weight is 444 g/mol. The maximum Gasteiger partial charge on any atom is 0.324 e. The van der Waals surface area contributed by atoms with Crippen molar-refractivity contribution in [3.63, 3.8) is 0 Å². The summed E-state index contributed by atoms with van der Waals surface area (Å²) in [6, 6.07) is 10.6. The Balaban J connectivity index is 2.59. The molecule has 0 saturated carbocycles. The summed E-state index contributed by atoms with van der Waals surface area (Å²) < 4.78 is 38.1. The number of carbonyl (C=O) groups is 1. The zero-order valence-corrected chi connectivity index (χ0v) is 16.6. The van der Waals surface area contributed by atoms with Gasteiger partial charge in [-0.2, -0.15) is 0 Å². The van der Waals surface area contributed by atoms with E-state index in [9.17, 15) is 18.3 Å². The number of nitrogens with zero attached hydrogens (tertiary/aromatic N) is 1. The fraction of sp³-hybridized carbons (Fsp3) is 0.235. The third-order valence-electron chi connectivity index (χ3n) is 3.42. The minimum atomic E-state index is -4.15. The third-order valence-corrected chi connectivity index (χ3v) is 5.80. The lowest BCUT2D eigenvalue weighted by Crippen LogP contribution is -2.36. The lowest BCUT2D eigenvalue weighted by molar-refractivity contribution is -0.135. The number of hydrogen-bond acceptors (Lipinski definition) is 5. The summed E-state index contributed by atoms with van der Waals surface area (Å²) in [6.07, 6.45) is 0. The molecule has 1 N–H and O–H groups in total. The molecule has 0 aliphatic rings. The minimum absolute atomic E-state index is 0.0715. The van der Waals surface area contributed by atoms with Crippen LogP contribution in [0.3, 0.4) is 0 Å². The van der Waals surface area contributed by atoms with Crippen molar-refractivity contribution < 1.29 is 27.8 Å². The van der Waals surface area contributed by atoms with Gasteiger partial charge in [-0.1, -0.05) is 12.1 Å². The highest BCUT2D eigenvalue weighted by Gasteiger charge is 2.29. The molecular weight excluding hydrogens is 426 g/mol. The highest BCUT2D eigenvalue weighted by Crippen LogP contribution is 2.34. The van der Waals surface area contributed by atoms with E-state index in [2.05, 4.69) is 15.9 Å². The molecule has 0 amide bonds. The Kier molecular flexibility index (Phi) is 6.49. The van der Waals surface area contributed by atoms with Gasteiger partial charge in [0, 0.05) is 0 Å². The van der Waals surface area contributed by atoms with E-state index in [0.717, 1.165) is 4.31 Å². The van der Waals surface area contributed by atoms with Crippen molar-refractivity contribution in [1.29, 1.82) is 0 Å². The second-order valence-electron chi connectivity index (χ2n) is 5.10. The smallest absolute Gasteiger partial charge is 0.324 e. The van der Waals surface area contributed by atoms with Gasteiger partial charge in [-0.3, -0.25) is 9.10 Å². The minimum Gasteiger partial charge on any atom is -0.496 e. The largest absolute Gasteiger partial charge is 0.496 e. The molecule has 0 atom stereocenters. The van der Waals surface area contributed by atoms with Gasteiger partial charge in [0.05, 0.1) is 28.8 Å². The molecule has 0 radical (unpaired) electrons. The maximum absolute atomic E-state index is 13.1. The summed E-state index contributed by atoms with van der Waals surface area (Å²) in [4.78, 5) is 11.2. The Labute approximate surface area is 160 Å². The number of hydrogen-bond donors (Lipinski definition) is 1. The number of methoxy groups -OCH3 is 1. The number of para-hydroxylation sites is 2. The average Bonchev–Trinajstić information content (AvgIpc) is 2.60. The number of ether oxygens (including phenoxy) is 2. The molecule has 2 aromatic carbocycles. The first-order valence-electron chi connectivity index (χ1n) is 7.61. The van der Waals surface area contributed by atoms with Crippen LogP contribution in [0.5, 0.6) is 11.5 Å². The lowest BCUT2D eigenvalue weighted by Gasteiger charge is -2.25. The number of benzene rings is 2. The van der Waals surface area contributed by atoms with Gasteiger partial charge in [-0.15, -0.1) is 0 Å². The first-order valence-corrected chi connectivity index (χ1v) is 9.84. The van der Waals surface area contributed by atoms with Crippen molar-refractivity contribution in [1.82, 2.24) is 0 Å². The van der Waals surface area contributed by atoms with E-state index in [-0.39, 0.29) is 16.3 Å². The monoisotopic (exact) mass is 443 g/mol. The van der Waals surface area contributed by atoms with Crippen LogP contribution in [0, 0.1) is 0 Å². The third kappa shape index (κ3) is 4.28. The maximum atomic E-state index is 13.1. The van der Waals surface area contributed by atoms with E-state index in [0.29, 0.717) is 16.8 Å². The number of carboxylic acid groups (broad SMARTS) is 1. The number of rotatable bonds is 8. The molecule has 0 aromatic heterocycles. The Bertz CT molecular complexity index is 900. The number of sulfonamides is 1. The number of halogens is 1. The highest BCUT2D eigenvalue weighted by atomic mass is 79.9. The topological polar surface area (TPSA) is 93.1 Å². The Hall–Kier alpha value is -2.26. The van der Waals surface area contributed by atoms with Gasteiger partial charge in [0.1, 0.15) is 18.0 Å². The lowest BCUT2D eigenvalue weighted by atomic mass is 10.3. The summed E-state index contributed by atoms with van der Waals surface area (Å²) >= 11 is 3.25. The van der Waals surface area contributed by atoms with Crippen molar-refractivity contribution in [2.75, 3.05) is 24.6 Å². The molecular formula is C17H18BrNO6S. The van der Waals surface area contributed by atoms with Crippen LogP contribution in [0.2, 0.25) is 0 Å². The van der Waals surface area contributed by atoms with E-state index in [4.69, 9.17) is 9.47 Å². The van der Waals surface area contributed by atoms with E-state index in [1.54, 1.807) is 25.1 Å². The zero-order valence-electron chi connectivity index (χ0n) is 14.2. The van der Waals surface area contributed by atoms with Gasteiger partial charge in [-0.25, -0.2) is 8.42 Å². The molecule has 2 aromatic rings. The van der Waals surface area contributed by atoms with Gasteiger partial charge >= 0.3 is 5.97 Å². The van der Waals surface area contributed by atoms with Gasteiger partial charge in [0.25, 0.3) is 10.0 Å². The quantitative estimate of drug-likeness (QED) is 0.673. The van der Waals surface area contributed by atoms with Gasteiger partial charge < -0.3 is 14.6 Å². The van der Waals surface area contributed by atoms with Crippen molar-refractivity contribution in [3.05, 3.63) is 46.9 Å². The van der Waals surface area contributed by atoms with Crippen LogP contribution < -0.4 is 13.8 Å². The molecule has 2 rings (SSSR count). The van der Waals surface area contributed by atoms with Crippen LogP contribution in [0.15, 0.2) is 51.8 Å². The number of anilines is 1. The molecule has 0 heterocycles. The molecule has 0 aliphatic heterocycles. The first-order chi connectivity index (χ1) is 12.3. The fourth-order valence-corrected chi connectivity index (χ4v) is 4.44. The molecule has 7 nitrogen and oxygen atoms in total. The van der Waals surface area contributed by atoms with Crippen LogP contribution in [0.4, 0.5) is 5.69 Å². The molecule has 140 valence electrons. The summed E-state index contributed by atoms with van der Waals surface area (Å²) in [5.41, 5.74) is 0.156. The second-order valence-corrected chi connectivity index (χ2v) is 7.82. The Morgan fingerprint density at radius 1 is 1.19 bits per heavy atom. The SMILES string of the molecule is CCOc1ccccc1N(CC(=O)O)S(=O)(=O)c1ccc(OC)c(Br)c1. The molecule has 0 unspecified atom stereocenters. The van der Waals surface area contributed by atoms with Crippen molar-refractivity contribution in [2.24, 2.45) is 0 Å². The summed E-state index contributed by atoms with van der Waals surface area (Å²) in [5.74, 6) is -0.539. The number of aliphatic carboxylic acids is 1. The first kappa shape index (κ1) is 20.1. The van der Waals surface area contributed by atoms with Gasteiger partial charge in [-0.05, 0) is 53.2 Å². The van der Waals surface area contributed by atoms with E-state index >= 15 is 0 Å². The van der Waals surface area contributed by atoms with Crippen molar-refractivity contribution in [3.8, 4) is 11.5 Å². The van der Waals surface area contributed by atoms with E-state index in [1.807, 2.05) is 0 Å². The van der Waals surface area contributed by atoms with Crippen LogP contribution in [-0.2, 0) is 14.8 Å². The summed E-state index contributed by atoms with van der Waals surface area (Å²) in [7, 11) is -2.69. The Morgan fingerprint density at radius 2 is 1.88 bits per heavy atom. The second kappa shape index (κ2) is 8.41. The predicted octanol–water partition coefficient (Wildman–Crippen LogP) is 3.14. The molecule has 0 aliphatic carbocycles. The van der Waals surface area contributed by atoms with Gasteiger partial charge in [0.2, 0.25) is 0 Å². The van der Waals surface area contributed by atoms with Crippen molar-refractivity contribution in [2.45, 2.75) is 11.8 Å². The van der Waals surface area contributed by atoms with E-state index in [1.165, 1.54) is 31.4 Å². The highest BCUT2D eigenvalue weighted by molar-refractivity contribution is 9.10. The van der Waals surface area contributed by atoms with Crippen LogP contribution in [0.1, 0.15) is 6.92 Å². The fourth-order valence-electron chi connectivity index (χ4n) is 2.30. The van der Waals surface area contributed by atoms with Crippen LogP contribution >= 0.6 is 15.9 Å². The summed E-state index contributed by atoms with van der Waals surface area (Å²) in [6.45, 7) is 1.33. The zero-order chi connectivity index (χ0) is 19.3. The standard InChI is InChI=1S/C17H18BrNO6S/c1-3-25-16-7-5-4-6-14(16)19(11-17(20)21)26(22,23)12-8-9-15(24-2)13(18)10-12/h4-10H,3,11H2,1-2H3,(H,20,21). The molecule has 0 saturated heterocycles.